The van der Waals surface area contributed by atoms with Gasteiger partial charge in [0, 0.05) is 5.69 Å². The van der Waals surface area contributed by atoms with E-state index in [4.69, 9.17) is 10.8 Å². The van der Waals surface area contributed by atoms with Gasteiger partial charge in [0.1, 0.15) is 0 Å². The molecule has 0 amide bonds. The van der Waals surface area contributed by atoms with Crippen molar-refractivity contribution in [1.29, 1.82) is 0 Å². The summed E-state index contributed by atoms with van der Waals surface area (Å²) < 4.78 is 0. The molecule has 0 saturated heterocycles. The lowest BCUT2D eigenvalue weighted by atomic mass is 10.0. The van der Waals surface area contributed by atoms with Gasteiger partial charge in [0.2, 0.25) is 0 Å². The van der Waals surface area contributed by atoms with Crippen LogP contribution in [0.2, 0.25) is 0 Å². The number of fused-ring (bicyclic) bond motifs is 1. The van der Waals surface area contributed by atoms with E-state index in [1.807, 2.05) is 30.3 Å². The van der Waals surface area contributed by atoms with Gasteiger partial charge in [-0.05, 0) is 28.5 Å². The van der Waals surface area contributed by atoms with E-state index in [0.717, 1.165) is 16.3 Å². The van der Waals surface area contributed by atoms with Crippen LogP contribution in [0.25, 0.3) is 10.8 Å². The fraction of sp³-hybridized carbons (Fsp3) is 0.0833. The van der Waals surface area contributed by atoms with E-state index >= 15 is 0 Å². The number of carbonyl (C=O) groups is 1. The minimum absolute atomic E-state index is 0.00551. The minimum atomic E-state index is -0.842. The maximum absolute atomic E-state index is 10.7. The fourth-order valence-electron chi connectivity index (χ4n) is 1.72. The lowest BCUT2D eigenvalue weighted by molar-refractivity contribution is -0.136. The van der Waals surface area contributed by atoms with Gasteiger partial charge < -0.3 is 10.8 Å². The van der Waals surface area contributed by atoms with Crippen LogP contribution in [0.1, 0.15) is 5.56 Å². The molecule has 3 nitrogen and oxygen atoms in total. The number of anilines is 1. The standard InChI is InChI=1S/C12H11NO2/c13-10-5-8-3-1-2-4-11(8)9(6-10)7-12(14)15/h1-6H,7,13H2,(H,14,15). The van der Waals surface area contributed by atoms with Crippen LogP contribution in [0, 0.1) is 0 Å². The predicted molar refractivity (Wildman–Crippen MR) is 59.7 cm³/mol. The Morgan fingerprint density at radius 1 is 1.27 bits per heavy atom. The number of hydrogen-bond donors (Lipinski definition) is 2. The maximum Gasteiger partial charge on any atom is 0.307 e. The molecule has 0 fully saturated rings. The molecule has 0 unspecified atom stereocenters. The molecule has 0 aromatic heterocycles. The van der Waals surface area contributed by atoms with E-state index < -0.39 is 5.97 Å². The average Bonchev–Trinajstić information content (AvgIpc) is 2.16. The molecular weight excluding hydrogens is 190 g/mol. The topological polar surface area (TPSA) is 63.3 Å². The first-order chi connectivity index (χ1) is 7.16. The van der Waals surface area contributed by atoms with Crippen LogP contribution in [-0.4, -0.2) is 11.1 Å². The van der Waals surface area contributed by atoms with Gasteiger partial charge in [0.15, 0.2) is 0 Å². The largest absolute Gasteiger partial charge is 0.481 e. The summed E-state index contributed by atoms with van der Waals surface area (Å²) in [5.41, 5.74) is 7.07. The summed E-state index contributed by atoms with van der Waals surface area (Å²) >= 11 is 0. The van der Waals surface area contributed by atoms with Gasteiger partial charge in [-0.3, -0.25) is 4.79 Å². The second-order valence-corrected chi connectivity index (χ2v) is 3.47. The Labute approximate surface area is 87.1 Å². The van der Waals surface area contributed by atoms with Gasteiger partial charge >= 0.3 is 5.97 Å². The molecule has 0 heterocycles. The van der Waals surface area contributed by atoms with Crippen molar-refractivity contribution < 1.29 is 9.90 Å². The van der Waals surface area contributed by atoms with E-state index in [1.165, 1.54) is 0 Å². The van der Waals surface area contributed by atoms with Crippen molar-refractivity contribution in [3.05, 3.63) is 42.0 Å². The van der Waals surface area contributed by atoms with E-state index in [1.54, 1.807) is 6.07 Å². The van der Waals surface area contributed by atoms with Gasteiger partial charge in [-0.1, -0.05) is 24.3 Å². The Balaban J connectivity index is 2.65. The van der Waals surface area contributed by atoms with E-state index in [-0.39, 0.29) is 6.42 Å². The Bertz CT molecular complexity index is 520. The molecule has 15 heavy (non-hydrogen) atoms. The van der Waals surface area contributed by atoms with Crippen LogP contribution < -0.4 is 5.73 Å². The van der Waals surface area contributed by atoms with Gasteiger partial charge in [-0.25, -0.2) is 0 Å². The summed E-state index contributed by atoms with van der Waals surface area (Å²) in [7, 11) is 0. The maximum atomic E-state index is 10.7. The highest BCUT2D eigenvalue weighted by Gasteiger charge is 2.06. The first-order valence-corrected chi connectivity index (χ1v) is 4.66. The molecule has 0 bridgehead atoms. The highest BCUT2D eigenvalue weighted by molar-refractivity contribution is 5.91. The molecule has 0 spiro atoms. The third-order valence-corrected chi connectivity index (χ3v) is 2.31. The highest BCUT2D eigenvalue weighted by Crippen LogP contribution is 2.22. The molecule has 2 aromatic rings. The third kappa shape index (κ3) is 1.91. The number of rotatable bonds is 2. The van der Waals surface area contributed by atoms with Crippen molar-refractivity contribution in [2.75, 3.05) is 5.73 Å². The van der Waals surface area contributed by atoms with Crippen molar-refractivity contribution in [2.24, 2.45) is 0 Å². The summed E-state index contributed by atoms with van der Waals surface area (Å²) in [5.74, 6) is -0.842. The molecule has 0 aliphatic heterocycles. The smallest absolute Gasteiger partial charge is 0.307 e. The molecule has 3 N–H and O–H groups in total. The lowest BCUT2D eigenvalue weighted by Gasteiger charge is -2.05. The van der Waals surface area contributed by atoms with E-state index in [0.29, 0.717) is 5.69 Å². The normalized spacial score (nSPS) is 10.4. The second kappa shape index (κ2) is 3.61. The van der Waals surface area contributed by atoms with E-state index in [9.17, 15) is 4.79 Å². The third-order valence-electron chi connectivity index (χ3n) is 2.31. The van der Waals surface area contributed by atoms with Crippen molar-refractivity contribution >= 4 is 22.4 Å². The molecule has 0 atom stereocenters. The van der Waals surface area contributed by atoms with Crippen LogP contribution in [0.5, 0.6) is 0 Å². The number of carboxylic acid groups (broad SMARTS) is 1. The Kier molecular flexibility index (Phi) is 2.29. The summed E-state index contributed by atoms with van der Waals surface area (Å²) in [4.78, 5) is 10.7. The van der Waals surface area contributed by atoms with Crippen molar-refractivity contribution in [3.63, 3.8) is 0 Å². The summed E-state index contributed by atoms with van der Waals surface area (Å²) in [6.45, 7) is 0. The number of carboxylic acids is 1. The molecule has 0 aliphatic rings. The fourth-order valence-corrected chi connectivity index (χ4v) is 1.72. The molecule has 0 radical (unpaired) electrons. The van der Waals surface area contributed by atoms with Crippen LogP contribution in [0.4, 0.5) is 5.69 Å². The number of aliphatic carboxylic acids is 1. The molecule has 76 valence electrons. The SMILES string of the molecule is Nc1cc(CC(=O)O)c2ccccc2c1. The van der Waals surface area contributed by atoms with Crippen molar-refractivity contribution in [3.8, 4) is 0 Å². The van der Waals surface area contributed by atoms with Gasteiger partial charge in [0.25, 0.3) is 0 Å². The summed E-state index contributed by atoms with van der Waals surface area (Å²) in [5, 5.41) is 10.7. The molecule has 0 saturated carbocycles. The number of nitrogens with two attached hydrogens (primary N) is 1. The molecule has 3 heteroatoms. The zero-order valence-corrected chi connectivity index (χ0v) is 8.10. The predicted octanol–water partition coefficient (Wildman–Crippen LogP) is 2.05. The van der Waals surface area contributed by atoms with Crippen molar-refractivity contribution in [1.82, 2.24) is 0 Å². The number of nitrogen functional groups attached to an aromatic ring is 1. The Morgan fingerprint density at radius 2 is 2.00 bits per heavy atom. The quantitative estimate of drug-likeness (QED) is 0.731. The summed E-state index contributed by atoms with van der Waals surface area (Å²) in [6, 6.07) is 11.2. The first kappa shape index (κ1) is 9.52. The van der Waals surface area contributed by atoms with E-state index in [2.05, 4.69) is 0 Å². The average molecular weight is 201 g/mol. The Morgan fingerprint density at radius 3 is 2.73 bits per heavy atom. The monoisotopic (exact) mass is 201 g/mol. The highest BCUT2D eigenvalue weighted by atomic mass is 16.4. The Hall–Kier alpha value is -2.03. The van der Waals surface area contributed by atoms with Crippen molar-refractivity contribution in [2.45, 2.75) is 6.42 Å². The first-order valence-electron chi connectivity index (χ1n) is 4.66. The van der Waals surface area contributed by atoms with Gasteiger partial charge in [0.05, 0.1) is 6.42 Å². The van der Waals surface area contributed by atoms with Crippen LogP contribution >= 0.6 is 0 Å². The second-order valence-electron chi connectivity index (χ2n) is 3.47. The van der Waals surface area contributed by atoms with Crippen LogP contribution in [0.3, 0.4) is 0 Å². The van der Waals surface area contributed by atoms with Gasteiger partial charge in [-0.2, -0.15) is 0 Å². The molecule has 2 aromatic carbocycles. The zero-order chi connectivity index (χ0) is 10.8. The molecule has 0 aliphatic carbocycles. The zero-order valence-electron chi connectivity index (χ0n) is 8.10. The lowest BCUT2D eigenvalue weighted by Crippen LogP contribution is -2.01. The number of benzene rings is 2. The molecule has 2 rings (SSSR count). The number of hydrogen-bond acceptors (Lipinski definition) is 2. The molecular formula is C12H11NO2. The minimum Gasteiger partial charge on any atom is -0.481 e. The summed E-state index contributed by atoms with van der Waals surface area (Å²) in [6.07, 6.45) is 0.00551. The van der Waals surface area contributed by atoms with Gasteiger partial charge in [-0.15, -0.1) is 0 Å². The van der Waals surface area contributed by atoms with Crippen LogP contribution in [0.15, 0.2) is 36.4 Å². The van der Waals surface area contributed by atoms with Crippen LogP contribution in [-0.2, 0) is 11.2 Å².